The average Bonchev–Trinajstić information content (AvgIpc) is 2.70. The summed E-state index contributed by atoms with van der Waals surface area (Å²) in [6, 6.07) is 24.4. The van der Waals surface area contributed by atoms with Gasteiger partial charge in [0.05, 0.1) is 12.8 Å². The molecule has 1 amide bonds. The van der Waals surface area contributed by atoms with Gasteiger partial charge in [-0.25, -0.2) is 5.43 Å². The zero-order chi connectivity index (χ0) is 18.4. The van der Waals surface area contributed by atoms with Crippen LogP contribution in [0.4, 0.5) is 0 Å². The smallest absolute Gasteiger partial charge is 0.271 e. The van der Waals surface area contributed by atoms with Gasteiger partial charge in [-0.2, -0.15) is 5.10 Å². The molecule has 0 aliphatic carbocycles. The van der Waals surface area contributed by atoms with Gasteiger partial charge in [0.25, 0.3) is 5.91 Å². The minimum atomic E-state index is -0.279. The number of hydrazone groups is 1. The Morgan fingerprint density at radius 3 is 2.04 bits per heavy atom. The van der Waals surface area contributed by atoms with E-state index in [-0.39, 0.29) is 5.91 Å². The molecule has 0 heterocycles. The third kappa shape index (κ3) is 4.37. The number of halogens is 1. The maximum absolute atomic E-state index is 12.4. The summed E-state index contributed by atoms with van der Waals surface area (Å²) in [7, 11) is 1.59. The normalized spacial score (nSPS) is 11.1. The van der Waals surface area contributed by atoms with Crippen molar-refractivity contribution < 1.29 is 9.53 Å². The van der Waals surface area contributed by atoms with Crippen LogP contribution in [0, 0.1) is 0 Å². The van der Waals surface area contributed by atoms with E-state index in [9.17, 15) is 4.79 Å². The second kappa shape index (κ2) is 8.45. The van der Waals surface area contributed by atoms with Crippen molar-refractivity contribution in [1.29, 1.82) is 0 Å². The van der Waals surface area contributed by atoms with Crippen molar-refractivity contribution in [1.82, 2.24) is 5.43 Å². The minimum Gasteiger partial charge on any atom is -0.497 e. The summed E-state index contributed by atoms with van der Waals surface area (Å²) >= 11 is 3.44. The molecular weight excluding hydrogens is 392 g/mol. The molecule has 0 radical (unpaired) electrons. The second-order valence-electron chi connectivity index (χ2n) is 5.50. The lowest BCUT2D eigenvalue weighted by Crippen LogP contribution is -2.20. The first kappa shape index (κ1) is 17.9. The van der Waals surface area contributed by atoms with Crippen LogP contribution >= 0.6 is 15.9 Å². The van der Waals surface area contributed by atoms with E-state index in [1.807, 2.05) is 54.6 Å². The highest BCUT2D eigenvalue weighted by atomic mass is 79.9. The van der Waals surface area contributed by atoms with Crippen molar-refractivity contribution in [2.24, 2.45) is 5.10 Å². The predicted octanol–water partition coefficient (Wildman–Crippen LogP) is 4.64. The van der Waals surface area contributed by atoms with E-state index in [2.05, 4.69) is 26.5 Å². The molecule has 0 saturated heterocycles. The van der Waals surface area contributed by atoms with Crippen LogP contribution in [0.3, 0.4) is 0 Å². The van der Waals surface area contributed by atoms with E-state index in [4.69, 9.17) is 4.74 Å². The first-order valence-electron chi connectivity index (χ1n) is 8.01. The third-order valence-electron chi connectivity index (χ3n) is 3.79. The van der Waals surface area contributed by atoms with Gasteiger partial charge in [-0.1, -0.05) is 58.4 Å². The van der Waals surface area contributed by atoms with Crippen molar-refractivity contribution in [2.45, 2.75) is 0 Å². The predicted molar refractivity (Wildman–Crippen MR) is 107 cm³/mol. The van der Waals surface area contributed by atoms with Gasteiger partial charge in [-0.15, -0.1) is 0 Å². The standard InChI is InChI=1S/C21H17BrN2O2/c1-26-19-13-9-17(10-14-19)21(25)24-23-20(15-5-3-2-4-6-15)16-7-11-18(22)12-8-16/h2-14H,1H3,(H,24,25)/b23-20-. The van der Waals surface area contributed by atoms with E-state index in [1.54, 1.807) is 31.4 Å². The van der Waals surface area contributed by atoms with Gasteiger partial charge in [0.15, 0.2) is 0 Å². The maximum Gasteiger partial charge on any atom is 0.271 e. The highest BCUT2D eigenvalue weighted by molar-refractivity contribution is 9.10. The maximum atomic E-state index is 12.4. The number of amides is 1. The molecule has 3 aromatic carbocycles. The molecule has 3 aromatic rings. The Morgan fingerprint density at radius 2 is 1.42 bits per heavy atom. The Hall–Kier alpha value is -2.92. The Labute approximate surface area is 160 Å². The fraction of sp³-hybridized carbons (Fsp3) is 0.0476. The first-order valence-corrected chi connectivity index (χ1v) is 8.80. The summed E-state index contributed by atoms with van der Waals surface area (Å²) in [5.41, 5.74) is 5.68. The Bertz CT molecular complexity index is 905. The number of carbonyl (C=O) groups excluding carboxylic acids is 1. The quantitative estimate of drug-likeness (QED) is 0.493. The monoisotopic (exact) mass is 408 g/mol. The summed E-state index contributed by atoms with van der Waals surface area (Å²) < 4.78 is 6.09. The molecule has 130 valence electrons. The van der Waals surface area contributed by atoms with Crippen LogP contribution in [0.25, 0.3) is 0 Å². The molecule has 5 heteroatoms. The largest absolute Gasteiger partial charge is 0.497 e. The second-order valence-corrected chi connectivity index (χ2v) is 6.42. The van der Waals surface area contributed by atoms with Gasteiger partial charge >= 0.3 is 0 Å². The highest BCUT2D eigenvalue weighted by Gasteiger charge is 2.09. The summed E-state index contributed by atoms with van der Waals surface area (Å²) in [6.07, 6.45) is 0. The number of ether oxygens (including phenoxy) is 1. The third-order valence-corrected chi connectivity index (χ3v) is 4.32. The van der Waals surface area contributed by atoms with Crippen molar-refractivity contribution in [3.05, 3.63) is 100 Å². The van der Waals surface area contributed by atoms with Gasteiger partial charge < -0.3 is 4.74 Å². The van der Waals surface area contributed by atoms with Crippen LogP contribution < -0.4 is 10.2 Å². The number of hydrogen-bond acceptors (Lipinski definition) is 3. The molecule has 4 nitrogen and oxygen atoms in total. The van der Waals surface area contributed by atoms with Gasteiger partial charge in [0, 0.05) is 21.2 Å². The van der Waals surface area contributed by atoms with Crippen LogP contribution in [-0.4, -0.2) is 18.7 Å². The molecule has 0 unspecified atom stereocenters. The first-order chi connectivity index (χ1) is 12.7. The van der Waals surface area contributed by atoms with Crippen LogP contribution in [0.2, 0.25) is 0 Å². The zero-order valence-corrected chi connectivity index (χ0v) is 15.7. The van der Waals surface area contributed by atoms with Crippen LogP contribution in [0.15, 0.2) is 88.4 Å². The van der Waals surface area contributed by atoms with E-state index in [0.717, 1.165) is 15.6 Å². The average molecular weight is 409 g/mol. The van der Waals surface area contributed by atoms with Crippen molar-refractivity contribution in [3.8, 4) is 5.75 Å². The molecule has 26 heavy (non-hydrogen) atoms. The fourth-order valence-electron chi connectivity index (χ4n) is 2.41. The van der Waals surface area contributed by atoms with Crippen molar-refractivity contribution in [3.63, 3.8) is 0 Å². The molecule has 0 bridgehead atoms. The van der Waals surface area contributed by atoms with Crippen LogP contribution in [-0.2, 0) is 0 Å². The summed E-state index contributed by atoms with van der Waals surface area (Å²) in [6.45, 7) is 0. The lowest BCUT2D eigenvalue weighted by Gasteiger charge is -2.08. The Morgan fingerprint density at radius 1 is 0.846 bits per heavy atom. The van der Waals surface area contributed by atoms with E-state index >= 15 is 0 Å². The molecular formula is C21H17BrN2O2. The zero-order valence-electron chi connectivity index (χ0n) is 14.1. The number of carbonyl (C=O) groups is 1. The molecule has 0 aliphatic rings. The molecule has 0 saturated carbocycles. The van der Waals surface area contributed by atoms with Gasteiger partial charge in [0.2, 0.25) is 0 Å². The van der Waals surface area contributed by atoms with Crippen LogP contribution in [0.5, 0.6) is 5.75 Å². The topological polar surface area (TPSA) is 50.7 Å². The lowest BCUT2D eigenvalue weighted by molar-refractivity contribution is 0.0955. The molecule has 0 aromatic heterocycles. The SMILES string of the molecule is COc1ccc(C(=O)N/N=C(/c2ccccc2)c2ccc(Br)cc2)cc1. The molecule has 0 aliphatic heterocycles. The van der Waals surface area contributed by atoms with Crippen molar-refractivity contribution >= 4 is 27.5 Å². The number of nitrogens with one attached hydrogen (secondary N) is 1. The number of benzene rings is 3. The van der Waals surface area contributed by atoms with Gasteiger partial charge in [0.1, 0.15) is 5.75 Å². The summed E-state index contributed by atoms with van der Waals surface area (Å²) in [5, 5.41) is 4.38. The summed E-state index contributed by atoms with van der Waals surface area (Å²) in [4.78, 5) is 12.4. The van der Waals surface area contributed by atoms with E-state index < -0.39 is 0 Å². The number of rotatable bonds is 5. The van der Waals surface area contributed by atoms with Gasteiger partial charge in [-0.05, 0) is 36.4 Å². The van der Waals surface area contributed by atoms with Crippen LogP contribution in [0.1, 0.15) is 21.5 Å². The van der Waals surface area contributed by atoms with Crippen molar-refractivity contribution in [2.75, 3.05) is 7.11 Å². The van der Waals surface area contributed by atoms with Gasteiger partial charge in [-0.3, -0.25) is 4.79 Å². The summed E-state index contributed by atoms with van der Waals surface area (Å²) in [5.74, 6) is 0.420. The molecule has 3 rings (SSSR count). The minimum absolute atomic E-state index is 0.279. The fourth-order valence-corrected chi connectivity index (χ4v) is 2.68. The molecule has 0 atom stereocenters. The van der Waals surface area contributed by atoms with E-state index in [1.165, 1.54) is 0 Å². The number of methoxy groups -OCH3 is 1. The number of hydrogen-bond donors (Lipinski definition) is 1. The Kier molecular flexibility index (Phi) is 5.81. The lowest BCUT2D eigenvalue weighted by atomic mass is 10.0. The molecule has 0 spiro atoms. The number of nitrogens with zero attached hydrogens (tertiary/aromatic N) is 1. The molecule has 1 N–H and O–H groups in total. The highest BCUT2D eigenvalue weighted by Crippen LogP contribution is 2.15. The Balaban J connectivity index is 1.88. The van der Waals surface area contributed by atoms with E-state index in [0.29, 0.717) is 17.0 Å². The molecule has 0 fully saturated rings.